The molecule has 1 aliphatic carbocycles. The summed E-state index contributed by atoms with van der Waals surface area (Å²) in [6, 6.07) is 77.6. The molecule has 0 bridgehead atoms. The Morgan fingerprint density at radius 1 is 0.344 bits per heavy atom. The Morgan fingerprint density at radius 2 is 0.951 bits per heavy atom. The summed E-state index contributed by atoms with van der Waals surface area (Å²) in [5.74, 6) is 0. The second-order valence-electron chi connectivity index (χ2n) is 16.9. The molecule has 11 aromatic rings. The van der Waals surface area contributed by atoms with Crippen LogP contribution in [-0.2, 0) is 5.41 Å². The summed E-state index contributed by atoms with van der Waals surface area (Å²) < 4.78 is 6.45. The predicted molar refractivity (Wildman–Crippen MR) is 257 cm³/mol. The summed E-state index contributed by atoms with van der Waals surface area (Å²) in [5, 5.41) is 7.15. The minimum Gasteiger partial charge on any atom is -0.456 e. The third kappa shape index (κ3) is 5.71. The SMILES string of the molecule is CC1(C)c2ccccc2-c2ccc(N(c3ccc(-c4cccc(-c5cccc6ccccc56)c4)cc3)c3ccccc3-c3ccc4oc5cc6ccccc6cc5c4c3)cc21. The minimum atomic E-state index is -0.135. The first-order valence-electron chi connectivity index (χ1n) is 21.2. The number of hydrogen-bond donors (Lipinski definition) is 0. The van der Waals surface area contributed by atoms with Crippen LogP contribution in [0.3, 0.4) is 0 Å². The Kier molecular flexibility index (Phi) is 7.92. The van der Waals surface area contributed by atoms with Gasteiger partial charge in [0.1, 0.15) is 11.2 Å². The highest BCUT2D eigenvalue weighted by molar-refractivity contribution is 6.11. The van der Waals surface area contributed by atoms with Crippen molar-refractivity contribution < 1.29 is 4.42 Å². The summed E-state index contributed by atoms with van der Waals surface area (Å²) in [6.07, 6.45) is 0. The molecule has 288 valence electrons. The lowest BCUT2D eigenvalue weighted by atomic mass is 9.82. The molecule has 1 aliphatic rings. The first kappa shape index (κ1) is 35.3. The topological polar surface area (TPSA) is 16.4 Å². The van der Waals surface area contributed by atoms with Crippen LogP contribution in [0, 0.1) is 0 Å². The first-order chi connectivity index (χ1) is 30.0. The van der Waals surface area contributed by atoms with Gasteiger partial charge in [0.15, 0.2) is 0 Å². The average molecular weight is 780 g/mol. The molecule has 0 radical (unpaired) electrons. The van der Waals surface area contributed by atoms with Gasteiger partial charge in [0.05, 0.1) is 5.69 Å². The number of para-hydroxylation sites is 1. The molecule has 12 rings (SSSR count). The molecule has 61 heavy (non-hydrogen) atoms. The van der Waals surface area contributed by atoms with E-state index in [2.05, 4.69) is 231 Å². The van der Waals surface area contributed by atoms with Gasteiger partial charge in [-0.2, -0.15) is 0 Å². The Bertz CT molecular complexity index is 3510. The van der Waals surface area contributed by atoms with E-state index < -0.39 is 0 Å². The zero-order valence-electron chi connectivity index (χ0n) is 34.1. The zero-order chi connectivity index (χ0) is 40.7. The van der Waals surface area contributed by atoms with Crippen LogP contribution >= 0.6 is 0 Å². The number of fused-ring (bicyclic) bond motifs is 8. The molecule has 0 fully saturated rings. The molecule has 1 aromatic heterocycles. The van der Waals surface area contributed by atoms with Gasteiger partial charge >= 0.3 is 0 Å². The second-order valence-corrected chi connectivity index (χ2v) is 16.9. The number of furan rings is 1. The highest BCUT2D eigenvalue weighted by Crippen LogP contribution is 2.51. The summed E-state index contributed by atoms with van der Waals surface area (Å²) in [6.45, 7) is 4.71. The van der Waals surface area contributed by atoms with E-state index in [1.807, 2.05) is 0 Å². The summed E-state index contributed by atoms with van der Waals surface area (Å²) in [7, 11) is 0. The predicted octanol–water partition coefficient (Wildman–Crippen LogP) is 16.7. The van der Waals surface area contributed by atoms with Crippen molar-refractivity contribution in [2.75, 3.05) is 4.90 Å². The Hall–Kier alpha value is -7.68. The molecular weight excluding hydrogens is 739 g/mol. The van der Waals surface area contributed by atoms with Gasteiger partial charge in [0.25, 0.3) is 0 Å². The standard InChI is InChI=1S/C59H41NO/c1-59(2)54-23-9-7-21-50(54)51-31-30-46(37-55(51)59)60(45-28-25-38(26-29-45)40-17-11-18-43(33-40)48-22-12-16-39-13-5-6-19-47(39)48)56-24-10-8-20-49(56)44-27-32-57-52(35-44)53-34-41-14-3-4-15-42(41)36-58(53)61-57/h3-37H,1-2H3. The van der Waals surface area contributed by atoms with Crippen LogP contribution in [0.4, 0.5) is 17.1 Å². The molecule has 10 aromatic carbocycles. The molecule has 0 unspecified atom stereocenters. The van der Waals surface area contributed by atoms with Crippen LogP contribution in [0.5, 0.6) is 0 Å². The molecule has 1 heterocycles. The lowest BCUT2D eigenvalue weighted by Gasteiger charge is -2.30. The number of hydrogen-bond acceptors (Lipinski definition) is 2. The van der Waals surface area contributed by atoms with Crippen molar-refractivity contribution >= 4 is 60.5 Å². The molecule has 0 aliphatic heterocycles. The molecule has 2 heteroatoms. The molecule has 0 saturated carbocycles. The normalized spacial score (nSPS) is 12.9. The van der Waals surface area contributed by atoms with E-state index in [4.69, 9.17) is 4.42 Å². The van der Waals surface area contributed by atoms with Crippen molar-refractivity contribution in [2.24, 2.45) is 0 Å². The van der Waals surface area contributed by atoms with Crippen LogP contribution in [0.25, 0.3) is 88.0 Å². The number of rotatable bonds is 6. The van der Waals surface area contributed by atoms with E-state index in [0.29, 0.717) is 0 Å². The van der Waals surface area contributed by atoms with Crippen molar-refractivity contribution in [3.05, 3.63) is 223 Å². The van der Waals surface area contributed by atoms with Crippen LogP contribution < -0.4 is 4.90 Å². The van der Waals surface area contributed by atoms with Crippen LogP contribution in [-0.4, -0.2) is 0 Å². The number of benzene rings is 10. The van der Waals surface area contributed by atoms with E-state index in [0.717, 1.165) is 50.1 Å². The Labute approximate surface area is 355 Å². The van der Waals surface area contributed by atoms with Crippen molar-refractivity contribution in [3.8, 4) is 44.5 Å². The molecule has 2 nitrogen and oxygen atoms in total. The third-order valence-corrected chi connectivity index (χ3v) is 13.0. The molecule has 0 atom stereocenters. The van der Waals surface area contributed by atoms with Crippen molar-refractivity contribution in [3.63, 3.8) is 0 Å². The van der Waals surface area contributed by atoms with Crippen LogP contribution in [0.2, 0.25) is 0 Å². The largest absolute Gasteiger partial charge is 0.456 e. The summed E-state index contributed by atoms with van der Waals surface area (Å²) in [5.41, 5.74) is 17.5. The van der Waals surface area contributed by atoms with E-state index in [1.54, 1.807) is 0 Å². The van der Waals surface area contributed by atoms with Crippen LogP contribution in [0.15, 0.2) is 217 Å². The monoisotopic (exact) mass is 779 g/mol. The maximum Gasteiger partial charge on any atom is 0.136 e. The van der Waals surface area contributed by atoms with Crippen molar-refractivity contribution in [1.82, 2.24) is 0 Å². The van der Waals surface area contributed by atoms with E-state index in [1.165, 1.54) is 66.1 Å². The van der Waals surface area contributed by atoms with E-state index in [9.17, 15) is 0 Å². The van der Waals surface area contributed by atoms with Gasteiger partial charge in [0.2, 0.25) is 0 Å². The van der Waals surface area contributed by atoms with Crippen molar-refractivity contribution in [1.29, 1.82) is 0 Å². The first-order valence-corrected chi connectivity index (χ1v) is 21.2. The number of nitrogens with zero attached hydrogens (tertiary/aromatic N) is 1. The fourth-order valence-electron chi connectivity index (χ4n) is 9.95. The van der Waals surface area contributed by atoms with Gasteiger partial charge in [-0.15, -0.1) is 0 Å². The molecular formula is C59H41NO. The molecule has 0 spiro atoms. The van der Waals surface area contributed by atoms with Gasteiger partial charge in [-0.1, -0.05) is 166 Å². The van der Waals surface area contributed by atoms with E-state index in [-0.39, 0.29) is 5.41 Å². The minimum absolute atomic E-state index is 0.135. The van der Waals surface area contributed by atoms with Gasteiger partial charge in [-0.25, -0.2) is 0 Å². The third-order valence-electron chi connectivity index (χ3n) is 13.0. The Balaban J connectivity index is 1.00. The van der Waals surface area contributed by atoms with Gasteiger partial charge in [-0.05, 0) is 132 Å². The molecule has 0 saturated heterocycles. The van der Waals surface area contributed by atoms with Crippen LogP contribution in [0.1, 0.15) is 25.0 Å². The quantitative estimate of drug-likeness (QED) is 0.167. The van der Waals surface area contributed by atoms with Gasteiger partial charge in [0, 0.05) is 33.1 Å². The van der Waals surface area contributed by atoms with E-state index >= 15 is 0 Å². The molecule has 0 N–H and O–H groups in total. The smallest absolute Gasteiger partial charge is 0.136 e. The Morgan fingerprint density at radius 3 is 1.82 bits per heavy atom. The summed E-state index contributed by atoms with van der Waals surface area (Å²) in [4.78, 5) is 2.44. The number of anilines is 3. The summed E-state index contributed by atoms with van der Waals surface area (Å²) >= 11 is 0. The highest BCUT2D eigenvalue weighted by atomic mass is 16.3. The average Bonchev–Trinajstić information content (AvgIpc) is 3.78. The molecule has 0 amide bonds. The zero-order valence-corrected chi connectivity index (χ0v) is 34.1. The maximum atomic E-state index is 6.45. The second kappa shape index (κ2) is 13.7. The lowest BCUT2D eigenvalue weighted by Crippen LogP contribution is -2.16. The fourth-order valence-corrected chi connectivity index (χ4v) is 9.95. The van der Waals surface area contributed by atoms with Crippen molar-refractivity contribution in [2.45, 2.75) is 19.3 Å². The maximum absolute atomic E-state index is 6.45. The van der Waals surface area contributed by atoms with Gasteiger partial charge < -0.3 is 9.32 Å². The van der Waals surface area contributed by atoms with Gasteiger partial charge in [-0.3, -0.25) is 0 Å². The highest BCUT2D eigenvalue weighted by Gasteiger charge is 2.36. The lowest BCUT2D eigenvalue weighted by molar-refractivity contribution is 0.660. The fraction of sp³-hybridized carbons (Fsp3) is 0.0508.